The average molecular weight is 448 g/mol. The van der Waals surface area contributed by atoms with Crippen molar-refractivity contribution in [2.24, 2.45) is 10.2 Å². The maximum absolute atomic E-state index is 12.6. The van der Waals surface area contributed by atoms with Gasteiger partial charge in [-0.2, -0.15) is 18.3 Å². The summed E-state index contributed by atoms with van der Waals surface area (Å²) in [6.07, 6.45) is -3.16. The molecule has 162 valence electrons. The van der Waals surface area contributed by atoms with E-state index in [9.17, 15) is 22.8 Å². The van der Waals surface area contributed by atoms with Crippen molar-refractivity contribution in [3.05, 3.63) is 64.7 Å². The molecule has 0 radical (unpaired) electrons. The van der Waals surface area contributed by atoms with Crippen LogP contribution in [0.4, 0.5) is 18.9 Å². The van der Waals surface area contributed by atoms with Crippen molar-refractivity contribution in [3.63, 3.8) is 0 Å². The Kier molecular flexibility index (Phi) is 6.79. The van der Waals surface area contributed by atoms with Crippen molar-refractivity contribution >= 4 is 40.6 Å². The molecule has 1 aliphatic rings. The highest BCUT2D eigenvalue weighted by Gasteiger charge is 2.32. The standard InChI is InChI=1S/C21H19F3N4O2S/c1-12-4-3-5-13(2)18(12)26-17(29)10-16-19(30)27-20(31-16)28-25-11-14-6-8-15(9-7-14)21(22,23)24/h3-9,11,16H,10H2,1-2H3,(H,26,29)(H,27,28,30). The van der Waals surface area contributed by atoms with E-state index in [1.807, 2.05) is 32.0 Å². The van der Waals surface area contributed by atoms with Crippen LogP contribution in [0.15, 0.2) is 52.7 Å². The van der Waals surface area contributed by atoms with E-state index in [0.717, 1.165) is 40.7 Å². The molecule has 0 bridgehead atoms. The third kappa shape index (κ3) is 5.94. The van der Waals surface area contributed by atoms with Crippen LogP contribution in [0.3, 0.4) is 0 Å². The second-order valence-corrected chi connectivity index (χ2v) is 8.08. The molecular weight excluding hydrogens is 429 g/mol. The second-order valence-electron chi connectivity index (χ2n) is 6.88. The minimum absolute atomic E-state index is 0.0358. The number of amidine groups is 1. The normalized spacial score (nSPS) is 17.9. The molecule has 6 nitrogen and oxygen atoms in total. The van der Waals surface area contributed by atoms with E-state index < -0.39 is 17.0 Å². The van der Waals surface area contributed by atoms with Crippen molar-refractivity contribution in [1.29, 1.82) is 0 Å². The summed E-state index contributed by atoms with van der Waals surface area (Å²) in [5.41, 5.74) is 2.26. The zero-order chi connectivity index (χ0) is 22.6. The van der Waals surface area contributed by atoms with Gasteiger partial charge in [-0.3, -0.25) is 9.59 Å². The Bertz CT molecular complexity index is 1030. The van der Waals surface area contributed by atoms with Gasteiger partial charge in [0.1, 0.15) is 5.25 Å². The Hall–Kier alpha value is -3.14. The first-order valence-corrected chi connectivity index (χ1v) is 10.1. The molecule has 0 spiro atoms. The molecule has 1 unspecified atom stereocenters. The van der Waals surface area contributed by atoms with Crippen molar-refractivity contribution in [3.8, 4) is 0 Å². The van der Waals surface area contributed by atoms with Crippen LogP contribution < -0.4 is 10.6 Å². The minimum atomic E-state index is -4.40. The number of halogens is 3. The lowest BCUT2D eigenvalue weighted by Crippen LogP contribution is -2.28. The van der Waals surface area contributed by atoms with Gasteiger partial charge in [-0.1, -0.05) is 42.1 Å². The lowest BCUT2D eigenvalue weighted by atomic mass is 10.1. The maximum atomic E-state index is 12.6. The third-order valence-electron chi connectivity index (χ3n) is 4.49. The van der Waals surface area contributed by atoms with Crippen LogP contribution in [0.2, 0.25) is 0 Å². The summed E-state index contributed by atoms with van der Waals surface area (Å²) in [5, 5.41) is 12.6. The van der Waals surface area contributed by atoms with Gasteiger partial charge in [-0.25, -0.2) is 0 Å². The van der Waals surface area contributed by atoms with Gasteiger partial charge in [-0.15, -0.1) is 5.10 Å². The SMILES string of the molecule is Cc1cccc(C)c1NC(=O)CC1SC(=NN=Cc2ccc(C(F)(F)F)cc2)NC1=O. The van der Waals surface area contributed by atoms with Crippen LogP contribution in [-0.4, -0.2) is 28.4 Å². The summed E-state index contributed by atoms with van der Waals surface area (Å²) in [7, 11) is 0. The zero-order valence-electron chi connectivity index (χ0n) is 16.7. The lowest BCUT2D eigenvalue weighted by Gasteiger charge is -2.12. The van der Waals surface area contributed by atoms with Crippen LogP contribution in [0.5, 0.6) is 0 Å². The van der Waals surface area contributed by atoms with Crippen LogP contribution in [0.1, 0.15) is 28.7 Å². The fraction of sp³-hybridized carbons (Fsp3) is 0.238. The van der Waals surface area contributed by atoms with E-state index in [1.165, 1.54) is 18.3 Å². The van der Waals surface area contributed by atoms with Gasteiger partial charge in [0, 0.05) is 12.1 Å². The topological polar surface area (TPSA) is 82.9 Å². The molecule has 0 aromatic heterocycles. The summed E-state index contributed by atoms with van der Waals surface area (Å²) < 4.78 is 37.7. The van der Waals surface area contributed by atoms with Gasteiger partial charge in [-0.05, 0) is 42.7 Å². The molecule has 1 aliphatic heterocycles. The second kappa shape index (κ2) is 9.34. The highest BCUT2D eigenvalue weighted by molar-refractivity contribution is 8.15. The fourth-order valence-electron chi connectivity index (χ4n) is 2.86. The van der Waals surface area contributed by atoms with Crippen molar-refractivity contribution in [1.82, 2.24) is 5.32 Å². The van der Waals surface area contributed by atoms with Gasteiger partial charge >= 0.3 is 6.18 Å². The van der Waals surface area contributed by atoms with E-state index in [4.69, 9.17) is 0 Å². The van der Waals surface area contributed by atoms with E-state index in [2.05, 4.69) is 20.8 Å². The van der Waals surface area contributed by atoms with Gasteiger partial charge < -0.3 is 10.6 Å². The molecule has 2 N–H and O–H groups in total. The number of rotatable bonds is 5. The number of alkyl halides is 3. The number of anilines is 1. The lowest BCUT2D eigenvalue weighted by molar-refractivity contribution is -0.137. The number of hydrogen-bond donors (Lipinski definition) is 2. The largest absolute Gasteiger partial charge is 0.416 e. The summed E-state index contributed by atoms with van der Waals surface area (Å²) >= 11 is 1.07. The highest BCUT2D eigenvalue weighted by Crippen LogP contribution is 2.29. The summed E-state index contributed by atoms with van der Waals surface area (Å²) in [6.45, 7) is 3.78. The molecule has 1 saturated heterocycles. The number of carbonyl (C=O) groups excluding carboxylic acids is 2. The smallest absolute Gasteiger partial charge is 0.326 e. The Morgan fingerprint density at radius 2 is 1.81 bits per heavy atom. The molecule has 1 fully saturated rings. The molecule has 2 amide bonds. The fourth-order valence-corrected chi connectivity index (χ4v) is 3.79. The van der Waals surface area contributed by atoms with Gasteiger partial charge in [0.05, 0.1) is 11.8 Å². The van der Waals surface area contributed by atoms with E-state index in [1.54, 1.807) is 0 Å². The number of benzene rings is 2. The number of para-hydroxylation sites is 1. The highest BCUT2D eigenvalue weighted by atomic mass is 32.2. The summed E-state index contributed by atoms with van der Waals surface area (Å²) in [4.78, 5) is 24.5. The molecule has 3 rings (SSSR count). The van der Waals surface area contributed by atoms with Crippen LogP contribution in [-0.2, 0) is 15.8 Å². The number of amides is 2. The van der Waals surface area contributed by atoms with Crippen LogP contribution >= 0.6 is 11.8 Å². The molecule has 1 atom stereocenters. The average Bonchev–Trinajstić information content (AvgIpc) is 3.03. The Morgan fingerprint density at radius 3 is 2.42 bits per heavy atom. The summed E-state index contributed by atoms with van der Waals surface area (Å²) in [5.74, 6) is -0.648. The van der Waals surface area contributed by atoms with Crippen molar-refractivity contribution in [2.75, 3.05) is 5.32 Å². The Morgan fingerprint density at radius 1 is 1.16 bits per heavy atom. The number of carbonyl (C=O) groups is 2. The monoisotopic (exact) mass is 448 g/mol. The first-order valence-electron chi connectivity index (χ1n) is 9.25. The molecule has 0 aliphatic carbocycles. The van der Waals surface area contributed by atoms with E-state index in [-0.39, 0.29) is 23.4 Å². The van der Waals surface area contributed by atoms with Crippen molar-refractivity contribution < 1.29 is 22.8 Å². The van der Waals surface area contributed by atoms with Gasteiger partial charge in [0.15, 0.2) is 5.17 Å². The number of nitrogens with one attached hydrogen (secondary N) is 2. The number of aryl methyl sites for hydroxylation is 2. The van der Waals surface area contributed by atoms with Crippen molar-refractivity contribution in [2.45, 2.75) is 31.7 Å². The van der Waals surface area contributed by atoms with Crippen LogP contribution in [0.25, 0.3) is 0 Å². The first kappa shape index (κ1) is 22.5. The zero-order valence-corrected chi connectivity index (χ0v) is 17.5. The summed E-state index contributed by atoms with van der Waals surface area (Å²) in [6, 6.07) is 10.1. The Labute approximate surface area is 181 Å². The predicted molar refractivity (Wildman–Crippen MR) is 115 cm³/mol. The van der Waals surface area contributed by atoms with E-state index in [0.29, 0.717) is 5.56 Å². The molecule has 2 aromatic rings. The molecule has 1 heterocycles. The number of nitrogens with zero attached hydrogens (tertiary/aromatic N) is 2. The van der Waals surface area contributed by atoms with Gasteiger partial charge in [0.25, 0.3) is 0 Å². The molecule has 2 aromatic carbocycles. The molecule has 31 heavy (non-hydrogen) atoms. The van der Waals surface area contributed by atoms with E-state index >= 15 is 0 Å². The number of thioether (sulfide) groups is 1. The first-order chi connectivity index (χ1) is 14.6. The van der Waals surface area contributed by atoms with Gasteiger partial charge in [0.2, 0.25) is 11.8 Å². The maximum Gasteiger partial charge on any atom is 0.416 e. The van der Waals surface area contributed by atoms with Crippen LogP contribution in [0, 0.1) is 13.8 Å². The third-order valence-corrected chi connectivity index (χ3v) is 5.56. The molecule has 0 saturated carbocycles. The predicted octanol–water partition coefficient (Wildman–Crippen LogP) is 4.27. The quantitative estimate of drug-likeness (QED) is 0.529. The number of hydrogen-bond acceptors (Lipinski definition) is 5. The molecule has 10 heteroatoms. The minimum Gasteiger partial charge on any atom is -0.326 e. The Balaban J connectivity index is 1.57. The molecular formula is C21H19F3N4O2S.